The molecule has 3 aromatic carbocycles. The van der Waals surface area contributed by atoms with Crippen LogP contribution in [-0.2, 0) is 0 Å². The van der Waals surface area contributed by atoms with Crippen molar-refractivity contribution in [2.24, 2.45) is 0 Å². The summed E-state index contributed by atoms with van der Waals surface area (Å²) >= 11 is 0. The Morgan fingerprint density at radius 1 is 0.778 bits per heavy atom. The topological polar surface area (TPSA) is 46.2 Å². The van der Waals surface area contributed by atoms with E-state index in [2.05, 4.69) is 24.3 Å². The molecule has 0 amide bonds. The van der Waals surface area contributed by atoms with Gasteiger partial charge in [-0.3, -0.25) is 0 Å². The van der Waals surface area contributed by atoms with E-state index in [1.54, 1.807) is 19.2 Å². The highest BCUT2D eigenvalue weighted by molar-refractivity contribution is 5.83. The molecule has 3 heteroatoms. The van der Waals surface area contributed by atoms with E-state index in [-0.39, 0.29) is 0 Å². The normalized spacial score (nSPS) is 10.4. The van der Waals surface area contributed by atoms with Crippen molar-refractivity contribution in [1.82, 2.24) is 0 Å². The van der Waals surface area contributed by atoms with Gasteiger partial charge in [0.2, 0.25) is 0 Å². The first-order valence-corrected chi connectivity index (χ1v) is 8.62. The molecule has 0 aliphatic heterocycles. The van der Waals surface area contributed by atoms with E-state index in [9.17, 15) is 0 Å². The van der Waals surface area contributed by atoms with Crippen molar-refractivity contribution in [3.63, 3.8) is 0 Å². The van der Waals surface area contributed by atoms with Gasteiger partial charge in [-0.25, -0.2) is 0 Å². The number of benzene rings is 3. The van der Waals surface area contributed by atoms with Gasteiger partial charge in [-0.05, 0) is 60.2 Å². The summed E-state index contributed by atoms with van der Waals surface area (Å²) in [5.41, 5.74) is 4.65. The smallest absolute Gasteiger partial charge is 0.142 e. The second kappa shape index (κ2) is 7.23. The molecule has 1 heterocycles. The van der Waals surface area contributed by atoms with Crippen molar-refractivity contribution in [3.05, 3.63) is 90.5 Å². The van der Waals surface area contributed by atoms with Crippen LogP contribution in [0.15, 0.2) is 89.3 Å². The van der Waals surface area contributed by atoms with Gasteiger partial charge in [0, 0.05) is 16.7 Å². The van der Waals surface area contributed by atoms with E-state index in [0.29, 0.717) is 5.56 Å². The summed E-state index contributed by atoms with van der Waals surface area (Å²) in [6, 6.07) is 29.6. The number of furan rings is 1. The SMILES string of the molecule is COc1ccc(-c2cc(-c3ccccc3)c(-c3ccc(C#N)cc3)o2)cc1. The van der Waals surface area contributed by atoms with Gasteiger partial charge < -0.3 is 9.15 Å². The van der Waals surface area contributed by atoms with Crippen LogP contribution in [0.25, 0.3) is 33.8 Å². The summed E-state index contributed by atoms with van der Waals surface area (Å²) in [6.07, 6.45) is 0. The quantitative estimate of drug-likeness (QED) is 0.442. The number of nitriles is 1. The fourth-order valence-corrected chi connectivity index (χ4v) is 3.03. The molecular formula is C24H17NO2. The molecule has 0 fully saturated rings. The van der Waals surface area contributed by atoms with Crippen molar-refractivity contribution in [3.8, 4) is 45.6 Å². The van der Waals surface area contributed by atoms with Crippen LogP contribution in [0.1, 0.15) is 5.56 Å². The van der Waals surface area contributed by atoms with Crippen LogP contribution in [0.4, 0.5) is 0 Å². The fraction of sp³-hybridized carbons (Fsp3) is 0.0417. The Kier molecular flexibility index (Phi) is 4.47. The van der Waals surface area contributed by atoms with Gasteiger partial charge in [-0.15, -0.1) is 0 Å². The van der Waals surface area contributed by atoms with Gasteiger partial charge in [-0.2, -0.15) is 5.26 Å². The number of hydrogen-bond acceptors (Lipinski definition) is 3. The number of rotatable bonds is 4. The van der Waals surface area contributed by atoms with E-state index in [1.807, 2.05) is 54.6 Å². The molecule has 0 radical (unpaired) electrons. The highest BCUT2D eigenvalue weighted by atomic mass is 16.5. The zero-order chi connectivity index (χ0) is 18.6. The molecule has 3 nitrogen and oxygen atoms in total. The Hall–Kier alpha value is -3.77. The van der Waals surface area contributed by atoms with Gasteiger partial charge in [0.25, 0.3) is 0 Å². The highest BCUT2D eigenvalue weighted by Crippen LogP contribution is 2.39. The zero-order valence-corrected chi connectivity index (χ0v) is 14.8. The average molecular weight is 351 g/mol. The molecule has 27 heavy (non-hydrogen) atoms. The van der Waals surface area contributed by atoms with Gasteiger partial charge in [0.15, 0.2) is 0 Å². The molecule has 4 aromatic rings. The first kappa shape index (κ1) is 16.7. The molecular weight excluding hydrogens is 334 g/mol. The lowest BCUT2D eigenvalue weighted by Gasteiger charge is -2.03. The van der Waals surface area contributed by atoms with E-state index in [0.717, 1.165) is 39.5 Å². The molecule has 1 aromatic heterocycles. The molecule has 0 atom stereocenters. The fourth-order valence-electron chi connectivity index (χ4n) is 3.03. The lowest BCUT2D eigenvalue weighted by Crippen LogP contribution is -1.81. The third-order valence-corrected chi connectivity index (χ3v) is 4.47. The van der Waals surface area contributed by atoms with E-state index < -0.39 is 0 Å². The maximum atomic E-state index is 9.04. The minimum atomic E-state index is 0.627. The van der Waals surface area contributed by atoms with E-state index >= 15 is 0 Å². The molecule has 0 aliphatic rings. The Labute approximate surface area is 158 Å². The maximum absolute atomic E-state index is 9.04. The van der Waals surface area contributed by atoms with Crippen molar-refractivity contribution in [2.45, 2.75) is 0 Å². The number of hydrogen-bond donors (Lipinski definition) is 0. The lowest BCUT2D eigenvalue weighted by molar-refractivity contribution is 0.415. The van der Waals surface area contributed by atoms with Crippen molar-refractivity contribution < 1.29 is 9.15 Å². The third kappa shape index (κ3) is 3.33. The summed E-state index contributed by atoms with van der Waals surface area (Å²) in [6.45, 7) is 0. The molecule has 4 rings (SSSR count). The number of nitrogens with zero attached hydrogens (tertiary/aromatic N) is 1. The number of ether oxygens (including phenoxy) is 1. The average Bonchev–Trinajstić information content (AvgIpc) is 3.20. The summed E-state index contributed by atoms with van der Waals surface area (Å²) in [5.74, 6) is 2.38. The third-order valence-electron chi connectivity index (χ3n) is 4.47. The van der Waals surface area contributed by atoms with Crippen molar-refractivity contribution in [2.75, 3.05) is 7.11 Å². The Morgan fingerprint density at radius 3 is 2.07 bits per heavy atom. The molecule has 0 N–H and O–H groups in total. The summed E-state index contributed by atoms with van der Waals surface area (Å²) < 4.78 is 11.5. The van der Waals surface area contributed by atoms with E-state index in [1.165, 1.54) is 0 Å². The standard InChI is InChI=1S/C24H17NO2/c1-26-21-13-11-19(12-14-21)23-15-22(18-5-3-2-4-6-18)24(27-23)20-9-7-17(16-25)8-10-20/h2-15H,1H3. The van der Waals surface area contributed by atoms with Crippen molar-refractivity contribution >= 4 is 0 Å². The van der Waals surface area contributed by atoms with Gasteiger partial charge in [-0.1, -0.05) is 30.3 Å². The molecule has 0 saturated heterocycles. The van der Waals surface area contributed by atoms with Crippen LogP contribution >= 0.6 is 0 Å². The van der Waals surface area contributed by atoms with E-state index in [4.69, 9.17) is 14.4 Å². The van der Waals surface area contributed by atoms with Crippen LogP contribution in [0.2, 0.25) is 0 Å². The molecule has 0 spiro atoms. The van der Waals surface area contributed by atoms with Gasteiger partial charge in [0.05, 0.1) is 18.7 Å². The van der Waals surface area contributed by atoms with Gasteiger partial charge >= 0.3 is 0 Å². The molecule has 0 saturated carbocycles. The van der Waals surface area contributed by atoms with Crippen LogP contribution in [0.5, 0.6) is 5.75 Å². The Bertz CT molecular complexity index is 1090. The second-order valence-electron chi connectivity index (χ2n) is 6.14. The number of methoxy groups -OCH3 is 1. The van der Waals surface area contributed by atoms with Crippen LogP contribution in [0.3, 0.4) is 0 Å². The molecule has 0 aliphatic carbocycles. The Balaban J connectivity index is 1.85. The van der Waals surface area contributed by atoms with Gasteiger partial charge in [0.1, 0.15) is 17.3 Å². The molecule has 0 bridgehead atoms. The first-order chi connectivity index (χ1) is 13.3. The first-order valence-electron chi connectivity index (χ1n) is 8.62. The minimum absolute atomic E-state index is 0.627. The summed E-state index contributed by atoms with van der Waals surface area (Å²) in [4.78, 5) is 0. The molecule has 0 unspecified atom stereocenters. The predicted molar refractivity (Wildman–Crippen MR) is 106 cm³/mol. The van der Waals surface area contributed by atoms with Crippen LogP contribution in [-0.4, -0.2) is 7.11 Å². The van der Waals surface area contributed by atoms with Crippen LogP contribution in [0, 0.1) is 11.3 Å². The lowest BCUT2D eigenvalue weighted by atomic mass is 10.0. The Morgan fingerprint density at radius 2 is 1.44 bits per heavy atom. The minimum Gasteiger partial charge on any atom is -0.497 e. The maximum Gasteiger partial charge on any atom is 0.142 e. The van der Waals surface area contributed by atoms with Crippen molar-refractivity contribution in [1.29, 1.82) is 5.26 Å². The monoisotopic (exact) mass is 351 g/mol. The van der Waals surface area contributed by atoms with Crippen LogP contribution < -0.4 is 4.74 Å². The highest BCUT2D eigenvalue weighted by Gasteiger charge is 2.16. The summed E-state index contributed by atoms with van der Waals surface area (Å²) in [7, 11) is 1.65. The molecule has 130 valence electrons. The zero-order valence-electron chi connectivity index (χ0n) is 14.8. The second-order valence-corrected chi connectivity index (χ2v) is 6.14. The summed E-state index contributed by atoms with van der Waals surface area (Å²) in [5, 5.41) is 9.04. The largest absolute Gasteiger partial charge is 0.497 e. The predicted octanol–water partition coefficient (Wildman–Crippen LogP) is 6.16.